The molecule has 0 saturated heterocycles. The van der Waals surface area contributed by atoms with Gasteiger partial charge in [0.25, 0.3) is 0 Å². The molecule has 0 unspecified atom stereocenters. The monoisotopic (exact) mass is 250 g/mol. The van der Waals surface area contributed by atoms with Gasteiger partial charge in [0.05, 0.1) is 5.60 Å². The fourth-order valence-electron chi connectivity index (χ4n) is 2.22. The molecule has 1 rings (SSSR count). The fraction of sp³-hybridized carbons (Fsp3) is 0.600. The van der Waals surface area contributed by atoms with E-state index in [2.05, 4.69) is 42.3 Å². The molecule has 2 N–H and O–H groups in total. The van der Waals surface area contributed by atoms with Gasteiger partial charge in [0.2, 0.25) is 0 Å². The van der Waals surface area contributed by atoms with Gasteiger partial charge in [0, 0.05) is 25.3 Å². The normalized spacial score (nSPS) is 11.7. The predicted molar refractivity (Wildman–Crippen MR) is 78.1 cm³/mol. The highest BCUT2D eigenvalue weighted by Crippen LogP contribution is 2.23. The summed E-state index contributed by atoms with van der Waals surface area (Å²) in [7, 11) is 1.95. The van der Waals surface area contributed by atoms with E-state index in [0.29, 0.717) is 6.54 Å². The van der Waals surface area contributed by atoms with Crippen molar-refractivity contribution in [3.63, 3.8) is 0 Å². The lowest BCUT2D eigenvalue weighted by Crippen LogP contribution is -2.38. The van der Waals surface area contributed by atoms with Crippen LogP contribution in [0.3, 0.4) is 0 Å². The molecule has 0 aliphatic rings. The molecule has 0 radical (unpaired) electrons. The Morgan fingerprint density at radius 2 is 2.00 bits per heavy atom. The van der Waals surface area contributed by atoms with Crippen molar-refractivity contribution in [2.24, 2.45) is 0 Å². The highest BCUT2D eigenvalue weighted by molar-refractivity contribution is 5.54. The van der Waals surface area contributed by atoms with Gasteiger partial charge in [-0.15, -0.1) is 0 Å². The lowest BCUT2D eigenvalue weighted by Gasteiger charge is -2.31. The molecule has 0 aliphatic heterocycles. The second-order valence-electron chi connectivity index (χ2n) is 5.48. The quantitative estimate of drug-likeness (QED) is 0.813. The third kappa shape index (κ3) is 4.31. The number of likely N-dealkylation sites (N-methyl/N-ethyl adjacent to an activating group) is 1. The Morgan fingerprint density at radius 3 is 2.44 bits per heavy atom. The third-order valence-electron chi connectivity index (χ3n) is 2.94. The van der Waals surface area contributed by atoms with Crippen molar-refractivity contribution in [3.8, 4) is 0 Å². The zero-order valence-corrected chi connectivity index (χ0v) is 12.2. The summed E-state index contributed by atoms with van der Waals surface area (Å²) < 4.78 is 0. The zero-order chi connectivity index (χ0) is 13.8. The Labute approximate surface area is 111 Å². The Kier molecular flexibility index (Phi) is 5.17. The molecule has 0 saturated carbocycles. The van der Waals surface area contributed by atoms with Gasteiger partial charge in [-0.05, 0) is 51.9 Å². The Bertz CT molecular complexity index is 383. The second-order valence-corrected chi connectivity index (χ2v) is 5.48. The van der Waals surface area contributed by atoms with Gasteiger partial charge in [-0.25, -0.2) is 0 Å². The Morgan fingerprint density at radius 1 is 1.33 bits per heavy atom. The van der Waals surface area contributed by atoms with Gasteiger partial charge in [0.1, 0.15) is 0 Å². The first-order valence-corrected chi connectivity index (χ1v) is 6.59. The van der Waals surface area contributed by atoms with Crippen LogP contribution in [0.4, 0.5) is 5.69 Å². The molecule has 0 bridgehead atoms. The molecule has 0 amide bonds. The zero-order valence-electron chi connectivity index (χ0n) is 12.2. The van der Waals surface area contributed by atoms with E-state index >= 15 is 0 Å². The number of anilines is 1. The van der Waals surface area contributed by atoms with Crippen molar-refractivity contribution in [1.29, 1.82) is 0 Å². The average Bonchev–Trinajstić information content (AvgIpc) is 2.26. The molecule has 0 heterocycles. The van der Waals surface area contributed by atoms with Crippen LogP contribution in [0.15, 0.2) is 18.2 Å². The van der Waals surface area contributed by atoms with Crippen molar-refractivity contribution in [3.05, 3.63) is 29.3 Å². The third-order valence-corrected chi connectivity index (χ3v) is 2.94. The van der Waals surface area contributed by atoms with Crippen LogP contribution in [0.1, 0.15) is 31.9 Å². The molecule has 0 fully saturated rings. The largest absolute Gasteiger partial charge is 0.389 e. The highest BCUT2D eigenvalue weighted by atomic mass is 16.3. The van der Waals surface area contributed by atoms with E-state index in [1.807, 2.05) is 20.9 Å². The van der Waals surface area contributed by atoms with Gasteiger partial charge in [-0.2, -0.15) is 0 Å². The van der Waals surface area contributed by atoms with Crippen molar-refractivity contribution in [2.75, 3.05) is 25.0 Å². The molecule has 3 nitrogen and oxygen atoms in total. The van der Waals surface area contributed by atoms with Crippen molar-refractivity contribution >= 4 is 5.69 Å². The van der Waals surface area contributed by atoms with E-state index in [0.717, 1.165) is 13.1 Å². The summed E-state index contributed by atoms with van der Waals surface area (Å²) in [6.07, 6.45) is 0. The Balaban J connectivity index is 2.93. The first kappa shape index (κ1) is 15.0. The molecule has 0 spiro atoms. The van der Waals surface area contributed by atoms with Gasteiger partial charge in [-0.1, -0.05) is 12.1 Å². The van der Waals surface area contributed by atoms with Crippen LogP contribution in [0, 0.1) is 6.92 Å². The van der Waals surface area contributed by atoms with E-state index in [9.17, 15) is 5.11 Å². The van der Waals surface area contributed by atoms with E-state index < -0.39 is 5.60 Å². The smallest absolute Gasteiger partial charge is 0.0765 e. The number of hydrogen-bond donors (Lipinski definition) is 2. The number of aliphatic hydroxyl groups is 1. The number of benzene rings is 1. The number of nitrogens with zero attached hydrogens (tertiary/aromatic N) is 1. The van der Waals surface area contributed by atoms with E-state index in [-0.39, 0.29) is 0 Å². The molecule has 0 aliphatic carbocycles. The minimum atomic E-state index is -0.675. The van der Waals surface area contributed by atoms with Gasteiger partial charge >= 0.3 is 0 Å². The van der Waals surface area contributed by atoms with Crippen LogP contribution in [0.25, 0.3) is 0 Å². The van der Waals surface area contributed by atoms with Crippen LogP contribution < -0.4 is 10.2 Å². The SMILES string of the molecule is CCN(CC(C)(C)O)c1ccc(CNC)cc1C. The summed E-state index contributed by atoms with van der Waals surface area (Å²) in [5.41, 5.74) is 3.08. The molecular formula is C15H26N2O. The van der Waals surface area contributed by atoms with Gasteiger partial charge in [-0.3, -0.25) is 0 Å². The van der Waals surface area contributed by atoms with Crippen LogP contribution in [-0.2, 0) is 6.54 Å². The van der Waals surface area contributed by atoms with Crippen molar-refractivity contribution in [2.45, 2.75) is 39.8 Å². The summed E-state index contributed by atoms with van der Waals surface area (Å²) >= 11 is 0. The van der Waals surface area contributed by atoms with E-state index in [1.165, 1.54) is 16.8 Å². The fourth-order valence-corrected chi connectivity index (χ4v) is 2.22. The first-order chi connectivity index (χ1) is 8.37. The molecular weight excluding hydrogens is 224 g/mol. The number of hydrogen-bond acceptors (Lipinski definition) is 3. The van der Waals surface area contributed by atoms with Gasteiger partial charge < -0.3 is 15.3 Å². The molecule has 1 aromatic rings. The molecule has 3 heteroatoms. The molecule has 102 valence electrons. The van der Waals surface area contributed by atoms with Crippen LogP contribution >= 0.6 is 0 Å². The lowest BCUT2D eigenvalue weighted by molar-refractivity contribution is 0.0876. The highest BCUT2D eigenvalue weighted by Gasteiger charge is 2.18. The number of nitrogens with one attached hydrogen (secondary N) is 1. The van der Waals surface area contributed by atoms with E-state index in [4.69, 9.17) is 0 Å². The summed E-state index contributed by atoms with van der Waals surface area (Å²) in [6.45, 7) is 10.4. The number of aryl methyl sites for hydroxylation is 1. The average molecular weight is 250 g/mol. The van der Waals surface area contributed by atoms with Crippen LogP contribution in [0.5, 0.6) is 0 Å². The predicted octanol–water partition coefficient (Wildman–Crippen LogP) is 2.31. The van der Waals surface area contributed by atoms with Crippen molar-refractivity contribution < 1.29 is 5.11 Å². The Hall–Kier alpha value is -1.06. The molecule has 0 aromatic heterocycles. The minimum absolute atomic E-state index is 0.649. The van der Waals surface area contributed by atoms with E-state index in [1.54, 1.807) is 0 Å². The summed E-state index contributed by atoms with van der Waals surface area (Å²) in [4.78, 5) is 2.22. The molecule has 18 heavy (non-hydrogen) atoms. The topological polar surface area (TPSA) is 35.5 Å². The summed E-state index contributed by atoms with van der Waals surface area (Å²) in [5, 5.41) is 13.1. The van der Waals surface area contributed by atoms with Gasteiger partial charge in [0.15, 0.2) is 0 Å². The maximum absolute atomic E-state index is 9.96. The number of rotatable bonds is 6. The summed E-state index contributed by atoms with van der Waals surface area (Å²) in [6, 6.07) is 6.50. The minimum Gasteiger partial charge on any atom is -0.389 e. The van der Waals surface area contributed by atoms with Crippen LogP contribution in [0.2, 0.25) is 0 Å². The standard InChI is InChI=1S/C15H26N2O/c1-6-17(11-15(3,4)18)14-8-7-13(10-16-5)9-12(14)2/h7-9,16,18H,6,10-11H2,1-5H3. The maximum Gasteiger partial charge on any atom is 0.0765 e. The molecule has 0 atom stereocenters. The van der Waals surface area contributed by atoms with Crippen molar-refractivity contribution in [1.82, 2.24) is 5.32 Å². The maximum atomic E-state index is 9.96. The first-order valence-electron chi connectivity index (χ1n) is 6.59. The molecule has 1 aromatic carbocycles. The summed E-state index contributed by atoms with van der Waals surface area (Å²) in [5.74, 6) is 0. The second kappa shape index (κ2) is 6.21. The lowest BCUT2D eigenvalue weighted by atomic mass is 10.1. The van der Waals surface area contributed by atoms with Crippen LogP contribution in [-0.4, -0.2) is 30.8 Å².